The standard InChI is InChI=1S/C17H19N3O2S/c1-2-20(11-13-5-7-18-8-6-13)17(23)19-10-14-3-4-15-16(9-14)22-12-21-15/h3-9H,2,10-12H2,1H3,(H,19,23). The Morgan fingerprint density at radius 1 is 1.17 bits per heavy atom. The summed E-state index contributed by atoms with van der Waals surface area (Å²) < 4.78 is 10.7. The lowest BCUT2D eigenvalue weighted by Crippen LogP contribution is -2.38. The third-order valence-electron chi connectivity index (χ3n) is 3.67. The summed E-state index contributed by atoms with van der Waals surface area (Å²) in [5.41, 5.74) is 2.30. The maximum atomic E-state index is 5.52. The van der Waals surface area contributed by atoms with Crippen molar-refractivity contribution in [3.8, 4) is 11.5 Å². The smallest absolute Gasteiger partial charge is 0.231 e. The van der Waals surface area contributed by atoms with Gasteiger partial charge in [-0.05, 0) is 54.5 Å². The van der Waals surface area contributed by atoms with Crippen LogP contribution in [0.5, 0.6) is 11.5 Å². The Morgan fingerprint density at radius 2 is 1.96 bits per heavy atom. The van der Waals surface area contributed by atoms with Gasteiger partial charge in [-0.2, -0.15) is 0 Å². The molecule has 0 bridgehead atoms. The monoisotopic (exact) mass is 329 g/mol. The van der Waals surface area contributed by atoms with E-state index in [1.165, 1.54) is 5.56 Å². The molecule has 0 radical (unpaired) electrons. The van der Waals surface area contributed by atoms with E-state index in [0.717, 1.165) is 35.3 Å². The van der Waals surface area contributed by atoms with Crippen LogP contribution in [0.3, 0.4) is 0 Å². The fourth-order valence-corrected chi connectivity index (χ4v) is 2.64. The van der Waals surface area contributed by atoms with Crippen molar-refractivity contribution < 1.29 is 9.47 Å². The van der Waals surface area contributed by atoms with Gasteiger partial charge < -0.3 is 19.7 Å². The molecule has 0 spiro atoms. The van der Waals surface area contributed by atoms with Crippen LogP contribution < -0.4 is 14.8 Å². The van der Waals surface area contributed by atoms with Gasteiger partial charge in [0.25, 0.3) is 0 Å². The molecule has 1 aliphatic heterocycles. The number of rotatable bonds is 5. The SMILES string of the molecule is CCN(Cc1ccncc1)C(=S)NCc1ccc2c(c1)OCO2. The molecule has 2 aromatic rings. The van der Waals surface area contributed by atoms with Gasteiger partial charge in [0.1, 0.15) is 0 Å². The minimum Gasteiger partial charge on any atom is -0.454 e. The van der Waals surface area contributed by atoms with Gasteiger partial charge in [0.2, 0.25) is 6.79 Å². The molecule has 0 aliphatic carbocycles. The first-order chi connectivity index (χ1) is 11.3. The van der Waals surface area contributed by atoms with E-state index in [9.17, 15) is 0 Å². The van der Waals surface area contributed by atoms with Gasteiger partial charge in [0, 0.05) is 32.0 Å². The van der Waals surface area contributed by atoms with E-state index in [0.29, 0.717) is 13.3 Å². The van der Waals surface area contributed by atoms with Crippen LogP contribution in [0.15, 0.2) is 42.7 Å². The fourth-order valence-electron chi connectivity index (χ4n) is 2.38. The van der Waals surface area contributed by atoms with Crippen LogP contribution >= 0.6 is 12.2 Å². The van der Waals surface area contributed by atoms with Crippen molar-refractivity contribution in [2.45, 2.75) is 20.0 Å². The molecule has 0 fully saturated rings. The Kier molecular flexibility index (Phi) is 4.92. The highest BCUT2D eigenvalue weighted by atomic mass is 32.1. The van der Waals surface area contributed by atoms with E-state index in [-0.39, 0.29) is 0 Å². The molecule has 3 rings (SSSR count). The molecular formula is C17H19N3O2S. The van der Waals surface area contributed by atoms with Gasteiger partial charge in [-0.25, -0.2) is 0 Å². The molecule has 0 atom stereocenters. The highest BCUT2D eigenvalue weighted by Gasteiger charge is 2.14. The van der Waals surface area contributed by atoms with Crippen LogP contribution in [-0.4, -0.2) is 28.3 Å². The number of hydrogen-bond acceptors (Lipinski definition) is 4. The number of aromatic nitrogens is 1. The van der Waals surface area contributed by atoms with Crippen LogP contribution in [0.1, 0.15) is 18.1 Å². The highest BCUT2D eigenvalue weighted by molar-refractivity contribution is 7.80. The average Bonchev–Trinajstić information content (AvgIpc) is 3.06. The van der Waals surface area contributed by atoms with Crippen molar-refractivity contribution in [2.24, 2.45) is 0 Å². The van der Waals surface area contributed by atoms with Crippen molar-refractivity contribution in [3.63, 3.8) is 0 Å². The van der Waals surface area contributed by atoms with Crippen molar-refractivity contribution in [1.82, 2.24) is 15.2 Å². The van der Waals surface area contributed by atoms with Crippen molar-refractivity contribution in [3.05, 3.63) is 53.9 Å². The van der Waals surface area contributed by atoms with Gasteiger partial charge in [0.05, 0.1) is 0 Å². The molecule has 1 aromatic heterocycles. The lowest BCUT2D eigenvalue weighted by Gasteiger charge is -2.24. The molecule has 5 nitrogen and oxygen atoms in total. The first-order valence-corrected chi connectivity index (χ1v) is 7.97. The molecule has 23 heavy (non-hydrogen) atoms. The molecule has 1 aliphatic rings. The summed E-state index contributed by atoms with van der Waals surface area (Å²) in [6.45, 7) is 4.65. The Balaban J connectivity index is 1.57. The largest absolute Gasteiger partial charge is 0.454 e. The molecule has 0 amide bonds. The summed E-state index contributed by atoms with van der Waals surface area (Å²) in [5.74, 6) is 1.59. The zero-order valence-corrected chi connectivity index (χ0v) is 13.8. The summed E-state index contributed by atoms with van der Waals surface area (Å²) in [5, 5.41) is 4.04. The molecule has 2 heterocycles. The highest BCUT2D eigenvalue weighted by Crippen LogP contribution is 2.32. The van der Waals surface area contributed by atoms with E-state index in [1.807, 2.05) is 30.3 Å². The van der Waals surface area contributed by atoms with E-state index >= 15 is 0 Å². The molecule has 1 aromatic carbocycles. The normalized spacial score (nSPS) is 12.0. The van der Waals surface area contributed by atoms with Gasteiger partial charge in [0.15, 0.2) is 16.6 Å². The van der Waals surface area contributed by atoms with Gasteiger partial charge in [-0.3, -0.25) is 4.98 Å². The Labute approximate surface area is 141 Å². The molecule has 0 unspecified atom stereocenters. The minimum atomic E-state index is 0.292. The summed E-state index contributed by atoms with van der Waals surface area (Å²) >= 11 is 5.52. The first kappa shape index (κ1) is 15.6. The number of nitrogens with zero attached hydrogens (tertiary/aromatic N) is 2. The van der Waals surface area contributed by atoms with Crippen molar-refractivity contribution >= 4 is 17.3 Å². The van der Waals surface area contributed by atoms with Gasteiger partial charge in [-0.15, -0.1) is 0 Å². The fraction of sp³-hybridized carbons (Fsp3) is 0.294. The zero-order chi connectivity index (χ0) is 16.1. The first-order valence-electron chi connectivity index (χ1n) is 7.56. The second kappa shape index (κ2) is 7.28. The Morgan fingerprint density at radius 3 is 2.74 bits per heavy atom. The molecule has 120 valence electrons. The Bertz CT molecular complexity index is 679. The van der Waals surface area contributed by atoms with E-state index in [2.05, 4.69) is 22.1 Å². The number of benzene rings is 1. The molecular weight excluding hydrogens is 310 g/mol. The Hall–Kier alpha value is -2.34. The van der Waals surface area contributed by atoms with Crippen LogP contribution in [0.4, 0.5) is 0 Å². The lowest BCUT2D eigenvalue weighted by atomic mass is 10.2. The van der Waals surface area contributed by atoms with E-state index in [4.69, 9.17) is 21.7 Å². The quantitative estimate of drug-likeness (QED) is 0.851. The maximum Gasteiger partial charge on any atom is 0.231 e. The summed E-state index contributed by atoms with van der Waals surface area (Å²) in [6.07, 6.45) is 3.60. The maximum absolute atomic E-state index is 5.52. The molecule has 1 N–H and O–H groups in total. The minimum absolute atomic E-state index is 0.292. The zero-order valence-electron chi connectivity index (χ0n) is 13.0. The van der Waals surface area contributed by atoms with Crippen LogP contribution in [0.2, 0.25) is 0 Å². The van der Waals surface area contributed by atoms with Crippen molar-refractivity contribution in [1.29, 1.82) is 0 Å². The molecule has 0 saturated carbocycles. The second-order valence-electron chi connectivity index (χ2n) is 5.22. The van der Waals surface area contributed by atoms with E-state index < -0.39 is 0 Å². The number of pyridine rings is 1. The predicted molar refractivity (Wildman–Crippen MR) is 92.3 cm³/mol. The van der Waals surface area contributed by atoms with Gasteiger partial charge in [-0.1, -0.05) is 6.07 Å². The second-order valence-corrected chi connectivity index (χ2v) is 5.60. The predicted octanol–water partition coefficient (Wildman–Crippen LogP) is 2.71. The average molecular weight is 329 g/mol. The summed E-state index contributed by atoms with van der Waals surface area (Å²) in [6, 6.07) is 9.93. The molecule has 6 heteroatoms. The van der Waals surface area contributed by atoms with Gasteiger partial charge >= 0.3 is 0 Å². The number of hydrogen-bond donors (Lipinski definition) is 1. The third-order valence-corrected chi connectivity index (χ3v) is 4.07. The molecule has 0 saturated heterocycles. The van der Waals surface area contributed by atoms with Crippen LogP contribution in [-0.2, 0) is 13.1 Å². The number of ether oxygens (including phenoxy) is 2. The number of nitrogens with one attached hydrogen (secondary N) is 1. The topological polar surface area (TPSA) is 46.6 Å². The third kappa shape index (κ3) is 3.90. The number of fused-ring (bicyclic) bond motifs is 1. The lowest BCUT2D eigenvalue weighted by molar-refractivity contribution is 0.174. The van der Waals surface area contributed by atoms with E-state index in [1.54, 1.807) is 12.4 Å². The number of thiocarbonyl (C=S) groups is 1. The van der Waals surface area contributed by atoms with Crippen molar-refractivity contribution in [2.75, 3.05) is 13.3 Å². The van der Waals surface area contributed by atoms with Crippen LogP contribution in [0, 0.1) is 0 Å². The summed E-state index contributed by atoms with van der Waals surface area (Å²) in [7, 11) is 0. The summed E-state index contributed by atoms with van der Waals surface area (Å²) in [4.78, 5) is 6.16. The van der Waals surface area contributed by atoms with Crippen LogP contribution in [0.25, 0.3) is 0 Å².